The number of hydrogen-bond donors (Lipinski definition) is 6. The Bertz CT molecular complexity index is 1780. The topological polar surface area (TPSA) is 177 Å². The van der Waals surface area contributed by atoms with Crippen molar-refractivity contribution in [2.24, 2.45) is 23.7 Å². The van der Waals surface area contributed by atoms with Crippen molar-refractivity contribution < 1.29 is 59.1 Å². The maximum atomic E-state index is 10.8. The number of hydrogen-bond acceptors (Lipinski definition) is 12. The van der Waals surface area contributed by atoms with E-state index in [-0.39, 0.29) is 78.7 Å². The summed E-state index contributed by atoms with van der Waals surface area (Å²) in [6.45, 7) is 0.0121. The fraction of sp³-hybridized carbons (Fsp3) is 0.400. The molecule has 4 aromatic rings. The van der Waals surface area contributed by atoms with Gasteiger partial charge in [0.1, 0.15) is 0 Å². The molecule has 5 rings (SSSR count). The summed E-state index contributed by atoms with van der Waals surface area (Å²) < 4.78 is 34.6. The van der Waals surface area contributed by atoms with Crippen LogP contribution in [0.2, 0.25) is 0 Å². The van der Waals surface area contributed by atoms with Crippen molar-refractivity contribution in [3.8, 4) is 46.0 Å². The van der Waals surface area contributed by atoms with E-state index in [0.717, 1.165) is 16.7 Å². The SMILES string of the molecule is COc1cc(C[C@H](CO)[C@@H](COC[C@@H]2[C@H](CO)[C@H](c3ccc(O)c(OC)c3)O[C@@H]2c2ccc(O)c(OC)c2)Cc2ccc(O)c(OC)c2)ccc1O. The second-order valence-corrected chi connectivity index (χ2v) is 13.0. The second kappa shape index (κ2) is 17.6. The summed E-state index contributed by atoms with van der Waals surface area (Å²) in [6, 6.07) is 20.2. The average molecular weight is 721 g/mol. The van der Waals surface area contributed by atoms with E-state index in [1.165, 1.54) is 40.6 Å². The van der Waals surface area contributed by atoms with Crippen LogP contribution in [-0.4, -0.2) is 85.5 Å². The number of aromatic hydroxyl groups is 4. The maximum Gasteiger partial charge on any atom is 0.160 e. The summed E-state index contributed by atoms with van der Waals surface area (Å²) in [5, 5.41) is 62.5. The van der Waals surface area contributed by atoms with Crippen molar-refractivity contribution in [1.82, 2.24) is 0 Å². The molecule has 0 amide bonds. The van der Waals surface area contributed by atoms with Crippen molar-refractivity contribution in [3.63, 3.8) is 0 Å². The Morgan fingerprint density at radius 1 is 0.558 bits per heavy atom. The summed E-state index contributed by atoms with van der Waals surface area (Å²) in [6.07, 6.45) is -0.221. The first-order valence-electron chi connectivity index (χ1n) is 17.0. The molecule has 1 heterocycles. The summed E-state index contributed by atoms with van der Waals surface area (Å²) in [5.41, 5.74) is 3.16. The number of ether oxygens (including phenoxy) is 6. The molecule has 0 saturated carbocycles. The summed E-state index contributed by atoms with van der Waals surface area (Å²) in [5.74, 6) is -0.102. The molecule has 4 aromatic carbocycles. The highest BCUT2D eigenvalue weighted by Crippen LogP contribution is 2.51. The van der Waals surface area contributed by atoms with E-state index in [9.17, 15) is 30.6 Å². The zero-order chi connectivity index (χ0) is 37.4. The predicted molar refractivity (Wildman–Crippen MR) is 192 cm³/mol. The molecule has 12 heteroatoms. The van der Waals surface area contributed by atoms with Gasteiger partial charge in [0.05, 0.1) is 53.9 Å². The van der Waals surface area contributed by atoms with Gasteiger partial charge in [0.25, 0.3) is 0 Å². The Labute approximate surface area is 303 Å². The van der Waals surface area contributed by atoms with Crippen molar-refractivity contribution in [2.75, 3.05) is 54.9 Å². The van der Waals surface area contributed by atoms with Gasteiger partial charge >= 0.3 is 0 Å². The van der Waals surface area contributed by atoms with Crippen LogP contribution in [0.1, 0.15) is 34.5 Å². The Hall–Kier alpha value is -4.88. The first kappa shape index (κ1) is 38.4. The minimum atomic E-state index is -0.590. The van der Waals surface area contributed by atoms with Crippen LogP contribution >= 0.6 is 0 Å². The van der Waals surface area contributed by atoms with Crippen LogP contribution in [-0.2, 0) is 22.3 Å². The molecule has 0 spiro atoms. The third kappa shape index (κ3) is 8.59. The molecular weight excluding hydrogens is 672 g/mol. The van der Waals surface area contributed by atoms with Crippen molar-refractivity contribution >= 4 is 0 Å². The smallest absolute Gasteiger partial charge is 0.160 e. The van der Waals surface area contributed by atoms with Crippen molar-refractivity contribution in [3.05, 3.63) is 95.1 Å². The van der Waals surface area contributed by atoms with Crippen LogP contribution in [0, 0.1) is 23.7 Å². The normalized spacial score (nSPS) is 19.6. The molecule has 0 bridgehead atoms. The highest BCUT2D eigenvalue weighted by Gasteiger charge is 2.46. The standard InChI is InChI=1S/C40H48O12/c1-47-35-15-23(5-9-31(35)43)13-27(19-41)28(14-24-6-10-32(44)36(16-24)48-2)21-51-22-30-29(20-42)39(25-7-11-33(45)37(17-25)49-3)52-40(30)26-8-12-34(46)38(18-26)50-4/h5-12,15-18,27-30,39-46H,13-14,19-22H2,1-4H3/t27-,28-,29+,30-,39+,40-/m1/s1. The molecule has 0 unspecified atom stereocenters. The molecule has 1 fully saturated rings. The largest absolute Gasteiger partial charge is 0.504 e. The monoisotopic (exact) mass is 720 g/mol. The lowest BCUT2D eigenvalue weighted by atomic mass is 9.82. The van der Waals surface area contributed by atoms with Gasteiger partial charge in [-0.2, -0.15) is 0 Å². The fourth-order valence-electron chi connectivity index (χ4n) is 7.05. The molecule has 12 nitrogen and oxygen atoms in total. The van der Waals surface area contributed by atoms with E-state index >= 15 is 0 Å². The van der Waals surface area contributed by atoms with Crippen LogP contribution in [0.4, 0.5) is 0 Å². The molecule has 1 aliphatic rings. The molecular formula is C40H48O12. The van der Waals surface area contributed by atoms with Crippen LogP contribution < -0.4 is 18.9 Å². The Morgan fingerprint density at radius 3 is 1.42 bits per heavy atom. The lowest BCUT2D eigenvalue weighted by Gasteiger charge is -2.28. The van der Waals surface area contributed by atoms with Gasteiger partial charge < -0.3 is 59.1 Å². The quantitative estimate of drug-likeness (QED) is 0.0831. The van der Waals surface area contributed by atoms with Crippen molar-refractivity contribution in [1.29, 1.82) is 0 Å². The van der Waals surface area contributed by atoms with Gasteiger partial charge in [-0.25, -0.2) is 0 Å². The van der Waals surface area contributed by atoms with E-state index in [1.807, 2.05) is 0 Å². The van der Waals surface area contributed by atoms with Gasteiger partial charge in [-0.05, 0) is 95.5 Å². The van der Waals surface area contributed by atoms with Crippen LogP contribution in [0.5, 0.6) is 46.0 Å². The highest BCUT2D eigenvalue weighted by molar-refractivity contribution is 5.45. The summed E-state index contributed by atoms with van der Waals surface area (Å²) in [4.78, 5) is 0. The predicted octanol–water partition coefficient (Wildman–Crippen LogP) is 5.31. The molecule has 0 radical (unpaired) electrons. The van der Waals surface area contributed by atoms with Gasteiger partial charge in [-0.1, -0.05) is 24.3 Å². The third-order valence-corrected chi connectivity index (χ3v) is 9.92. The summed E-state index contributed by atoms with van der Waals surface area (Å²) in [7, 11) is 5.89. The minimum Gasteiger partial charge on any atom is -0.504 e. The summed E-state index contributed by atoms with van der Waals surface area (Å²) >= 11 is 0. The molecule has 6 atom stereocenters. The van der Waals surface area contributed by atoms with E-state index in [2.05, 4.69) is 0 Å². The first-order valence-corrected chi connectivity index (χ1v) is 17.0. The number of phenols is 4. The van der Waals surface area contributed by atoms with Gasteiger partial charge in [0, 0.05) is 25.0 Å². The van der Waals surface area contributed by atoms with Crippen molar-refractivity contribution in [2.45, 2.75) is 25.0 Å². The first-order chi connectivity index (χ1) is 25.1. The molecule has 0 aromatic heterocycles. The number of aliphatic hydroxyl groups is 2. The average Bonchev–Trinajstić information content (AvgIpc) is 3.53. The highest BCUT2D eigenvalue weighted by atomic mass is 16.5. The molecule has 52 heavy (non-hydrogen) atoms. The second-order valence-electron chi connectivity index (χ2n) is 13.0. The fourth-order valence-corrected chi connectivity index (χ4v) is 7.05. The lowest BCUT2D eigenvalue weighted by molar-refractivity contribution is 0.000238. The molecule has 1 aliphatic heterocycles. The lowest BCUT2D eigenvalue weighted by Crippen LogP contribution is -2.30. The zero-order valence-corrected chi connectivity index (χ0v) is 29.8. The zero-order valence-electron chi connectivity index (χ0n) is 29.8. The minimum absolute atomic E-state index is 0.0166. The number of phenolic OH excluding ortho intramolecular Hbond substituents is 4. The molecule has 1 saturated heterocycles. The van der Waals surface area contributed by atoms with E-state index in [1.54, 1.807) is 60.7 Å². The van der Waals surface area contributed by atoms with E-state index in [4.69, 9.17) is 28.4 Å². The molecule has 0 aliphatic carbocycles. The molecule has 280 valence electrons. The van der Waals surface area contributed by atoms with E-state index in [0.29, 0.717) is 29.9 Å². The number of aliphatic hydroxyl groups excluding tert-OH is 2. The number of rotatable bonds is 17. The number of methoxy groups -OCH3 is 4. The van der Waals surface area contributed by atoms with Gasteiger partial charge in [-0.3, -0.25) is 0 Å². The van der Waals surface area contributed by atoms with Gasteiger partial charge in [-0.15, -0.1) is 0 Å². The Morgan fingerprint density at radius 2 is 0.981 bits per heavy atom. The maximum absolute atomic E-state index is 10.8. The van der Waals surface area contributed by atoms with Gasteiger partial charge in [0.15, 0.2) is 46.0 Å². The Balaban J connectivity index is 1.44. The van der Waals surface area contributed by atoms with Crippen LogP contribution in [0.3, 0.4) is 0 Å². The number of benzene rings is 4. The van der Waals surface area contributed by atoms with Crippen LogP contribution in [0.25, 0.3) is 0 Å². The van der Waals surface area contributed by atoms with Gasteiger partial charge in [0.2, 0.25) is 0 Å². The molecule has 6 N–H and O–H groups in total. The van der Waals surface area contributed by atoms with E-state index < -0.39 is 18.1 Å². The van der Waals surface area contributed by atoms with Crippen LogP contribution in [0.15, 0.2) is 72.8 Å². The third-order valence-electron chi connectivity index (χ3n) is 9.92. The Kier molecular flexibility index (Phi) is 13.0.